The fourth-order valence-electron chi connectivity index (χ4n) is 2.49. The number of aromatic nitrogens is 1. The average Bonchev–Trinajstić information content (AvgIpc) is 2.49. The van der Waals surface area contributed by atoms with Crippen LogP contribution in [0, 0.1) is 13.8 Å². The highest BCUT2D eigenvalue weighted by Gasteiger charge is 2.05. The molecule has 1 heterocycles. The number of halogens is 1. The van der Waals surface area contributed by atoms with E-state index >= 15 is 0 Å². The summed E-state index contributed by atoms with van der Waals surface area (Å²) in [4.78, 5) is 15.1. The minimum absolute atomic E-state index is 0.0662. The van der Waals surface area contributed by atoms with Crippen molar-refractivity contribution in [3.05, 3.63) is 74.5 Å². The Bertz CT molecular complexity index is 899. The summed E-state index contributed by atoms with van der Waals surface area (Å²) in [5, 5.41) is 5.04. The Labute approximate surface area is 133 Å². The van der Waals surface area contributed by atoms with Crippen LogP contribution in [0.4, 0.5) is 5.69 Å². The van der Waals surface area contributed by atoms with Crippen molar-refractivity contribution in [1.29, 1.82) is 0 Å². The molecular weight excluding hydrogens is 296 g/mol. The Kier molecular flexibility index (Phi) is 3.90. The van der Waals surface area contributed by atoms with Crippen molar-refractivity contribution < 1.29 is 0 Å². The smallest absolute Gasteiger partial charge is 0.253 e. The summed E-state index contributed by atoms with van der Waals surface area (Å²) in [6.45, 7) is 4.46. The molecule has 0 aliphatic heterocycles. The third-order valence-electron chi connectivity index (χ3n) is 3.81. The molecule has 3 rings (SSSR count). The Morgan fingerprint density at radius 3 is 2.77 bits per heavy atom. The molecule has 0 unspecified atom stereocenters. The van der Waals surface area contributed by atoms with E-state index in [0.717, 1.165) is 22.2 Å². The third kappa shape index (κ3) is 2.85. The minimum Gasteiger partial charge on any atom is -0.380 e. The zero-order chi connectivity index (χ0) is 15.7. The fourth-order valence-corrected chi connectivity index (χ4v) is 2.67. The zero-order valence-electron chi connectivity index (χ0n) is 12.5. The van der Waals surface area contributed by atoms with E-state index in [0.29, 0.717) is 17.1 Å². The molecule has 2 aromatic carbocycles. The highest BCUT2D eigenvalue weighted by molar-refractivity contribution is 6.31. The topological polar surface area (TPSA) is 44.9 Å². The maximum Gasteiger partial charge on any atom is 0.253 e. The lowest BCUT2D eigenvalue weighted by Crippen LogP contribution is -2.16. The molecule has 0 spiro atoms. The van der Waals surface area contributed by atoms with Gasteiger partial charge in [0.1, 0.15) is 0 Å². The summed E-state index contributed by atoms with van der Waals surface area (Å²) in [6, 6.07) is 13.6. The molecular formula is C18H17ClN2O. The number of aromatic amines is 1. The number of pyridine rings is 1. The molecule has 0 radical (unpaired) electrons. The normalized spacial score (nSPS) is 10.9. The highest BCUT2D eigenvalue weighted by atomic mass is 35.5. The number of H-pyrrole nitrogens is 1. The quantitative estimate of drug-likeness (QED) is 0.752. The Hall–Kier alpha value is -2.26. The lowest BCUT2D eigenvalue weighted by molar-refractivity contribution is 1.08. The van der Waals surface area contributed by atoms with Crippen LogP contribution in [-0.2, 0) is 6.54 Å². The summed E-state index contributed by atoms with van der Waals surface area (Å²) >= 11 is 6.11. The van der Waals surface area contributed by atoms with Crippen LogP contribution in [0.2, 0.25) is 5.02 Å². The lowest BCUT2D eigenvalue weighted by atomic mass is 10.1. The second-order valence-corrected chi connectivity index (χ2v) is 5.89. The van der Waals surface area contributed by atoms with Gasteiger partial charge < -0.3 is 10.3 Å². The van der Waals surface area contributed by atoms with Crippen LogP contribution in [-0.4, -0.2) is 4.98 Å². The first kappa shape index (κ1) is 14.7. The van der Waals surface area contributed by atoms with Gasteiger partial charge in [0, 0.05) is 28.3 Å². The van der Waals surface area contributed by atoms with Gasteiger partial charge in [-0.3, -0.25) is 4.79 Å². The maximum atomic E-state index is 12.2. The van der Waals surface area contributed by atoms with Crippen molar-refractivity contribution in [2.45, 2.75) is 20.4 Å². The van der Waals surface area contributed by atoms with Crippen molar-refractivity contribution in [3.63, 3.8) is 0 Å². The molecule has 3 aromatic rings. The van der Waals surface area contributed by atoms with E-state index in [1.54, 1.807) is 0 Å². The summed E-state index contributed by atoms with van der Waals surface area (Å²) < 4.78 is 0. The Balaban J connectivity index is 1.92. The Morgan fingerprint density at radius 2 is 1.95 bits per heavy atom. The molecule has 0 saturated carbocycles. The number of anilines is 1. The molecule has 0 bridgehead atoms. The van der Waals surface area contributed by atoms with Gasteiger partial charge in [0.25, 0.3) is 5.56 Å². The van der Waals surface area contributed by atoms with Crippen LogP contribution in [0.15, 0.2) is 47.3 Å². The lowest BCUT2D eigenvalue weighted by Gasteiger charge is -2.11. The van der Waals surface area contributed by atoms with E-state index in [2.05, 4.69) is 16.4 Å². The second kappa shape index (κ2) is 5.85. The number of hydrogen-bond donors (Lipinski definition) is 2. The SMILES string of the molecule is Cc1ccc2[nH]c(=O)c(CNc3cccc(Cl)c3C)cc2c1. The predicted octanol–water partition coefficient (Wildman–Crippen LogP) is 4.41. The van der Waals surface area contributed by atoms with Crippen molar-refractivity contribution in [2.24, 2.45) is 0 Å². The van der Waals surface area contributed by atoms with Gasteiger partial charge in [0.05, 0.1) is 0 Å². The standard InChI is InChI=1S/C18H17ClN2O/c1-11-6-7-17-13(8-11)9-14(18(22)21-17)10-20-16-5-3-4-15(19)12(16)2/h3-9,20H,10H2,1-2H3,(H,21,22). The monoisotopic (exact) mass is 312 g/mol. The highest BCUT2D eigenvalue weighted by Crippen LogP contribution is 2.23. The number of fused-ring (bicyclic) bond motifs is 1. The molecule has 0 aliphatic carbocycles. The minimum atomic E-state index is -0.0662. The number of aryl methyl sites for hydroxylation is 1. The largest absolute Gasteiger partial charge is 0.380 e. The summed E-state index contributed by atoms with van der Waals surface area (Å²) in [5.41, 5.74) is 4.59. The summed E-state index contributed by atoms with van der Waals surface area (Å²) in [5.74, 6) is 0. The molecule has 112 valence electrons. The van der Waals surface area contributed by atoms with Gasteiger partial charge >= 0.3 is 0 Å². The summed E-state index contributed by atoms with van der Waals surface area (Å²) in [6.07, 6.45) is 0. The molecule has 1 aromatic heterocycles. The van der Waals surface area contributed by atoms with Gasteiger partial charge in [-0.25, -0.2) is 0 Å². The first-order valence-electron chi connectivity index (χ1n) is 7.16. The predicted molar refractivity (Wildman–Crippen MR) is 92.8 cm³/mol. The van der Waals surface area contributed by atoms with Crippen LogP contribution >= 0.6 is 11.6 Å². The number of rotatable bonds is 3. The van der Waals surface area contributed by atoms with Gasteiger partial charge in [-0.05, 0) is 55.1 Å². The van der Waals surface area contributed by atoms with E-state index < -0.39 is 0 Å². The molecule has 2 N–H and O–H groups in total. The fraction of sp³-hybridized carbons (Fsp3) is 0.167. The molecule has 0 saturated heterocycles. The molecule has 0 aliphatic rings. The molecule has 0 atom stereocenters. The molecule has 0 amide bonds. The second-order valence-electron chi connectivity index (χ2n) is 5.48. The number of benzene rings is 2. The third-order valence-corrected chi connectivity index (χ3v) is 4.22. The first-order chi connectivity index (χ1) is 10.5. The van der Waals surface area contributed by atoms with E-state index in [4.69, 9.17) is 11.6 Å². The van der Waals surface area contributed by atoms with Crippen molar-refractivity contribution in [1.82, 2.24) is 4.98 Å². The van der Waals surface area contributed by atoms with E-state index in [9.17, 15) is 4.79 Å². The van der Waals surface area contributed by atoms with Crippen LogP contribution < -0.4 is 10.9 Å². The summed E-state index contributed by atoms with van der Waals surface area (Å²) in [7, 11) is 0. The van der Waals surface area contributed by atoms with Gasteiger partial charge in [0.15, 0.2) is 0 Å². The van der Waals surface area contributed by atoms with Gasteiger partial charge in [-0.1, -0.05) is 29.3 Å². The van der Waals surface area contributed by atoms with Crippen molar-refractivity contribution >= 4 is 28.2 Å². The van der Waals surface area contributed by atoms with Gasteiger partial charge in [-0.15, -0.1) is 0 Å². The van der Waals surface area contributed by atoms with E-state index in [1.165, 1.54) is 5.56 Å². The zero-order valence-corrected chi connectivity index (χ0v) is 13.3. The van der Waals surface area contributed by atoms with E-state index in [1.807, 2.05) is 50.2 Å². The molecule has 4 heteroatoms. The molecule has 22 heavy (non-hydrogen) atoms. The van der Waals surface area contributed by atoms with Crippen LogP contribution in [0.5, 0.6) is 0 Å². The molecule has 0 fully saturated rings. The van der Waals surface area contributed by atoms with Crippen molar-refractivity contribution in [2.75, 3.05) is 5.32 Å². The number of hydrogen-bond acceptors (Lipinski definition) is 2. The van der Waals surface area contributed by atoms with E-state index in [-0.39, 0.29) is 5.56 Å². The van der Waals surface area contributed by atoms with Crippen LogP contribution in [0.25, 0.3) is 10.9 Å². The average molecular weight is 313 g/mol. The van der Waals surface area contributed by atoms with Crippen LogP contribution in [0.1, 0.15) is 16.7 Å². The number of nitrogens with one attached hydrogen (secondary N) is 2. The maximum absolute atomic E-state index is 12.2. The van der Waals surface area contributed by atoms with Gasteiger partial charge in [-0.2, -0.15) is 0 Å². The van der Waals surface area contributed by atoms with Crippen molar-refractivity contribution in [3.8, 4) is 0 Å². The van der Waals surface area contributed by atoms with Gasteiger partial charge in [0.2, 0.25) is 0 Å². The van der Waals surface area contributed by atoms with Crippen LogP contribution in [0.3, 0.4) is 0 Å². The Morgan fingerprint density at radius 1 is 1.14 bits per heavy atom. The molecule has 3 nitrogen and oxygen atoms in total. The first-order valence-corrected chi connectivity index (χ1v) is 7.54.